The number of carboxylic acid groups (broad SMARTS) is 1. The lowest BCUT2D eigenvalue weighted by atomic mass is 9.92. The van der Waals surface area contributed by atoms with Gasteiger partial charge in [-0.1, -0.05) is 33.1 Å². The number of carbonyl (C=O) groups is 1. The van der Waals surface area contributed by atoms with Crippen molar-refractivity contribution in [1.82, 2.24) is 0 Å². The number of aliphatic carboxylic acids is 1. The van der Waals surface area contributed by atoms with E-state index in [0.717, 1.165) is 25.3 Å². The van der Waals surface area contributed by atoms with Gasteiger partial charge in [-0.05, 0) is 12.3 Å². The fourth-order valence-electron chi connectivity index (χ4n) is 1.55. The molecule has 17 heavy (non-hydrogen) atoms. The van der Waals surface area contributed by atoms with Gasteiger partial charge in [-0.3, -0.25) is 0 Å². The second-order valence-corrected chi connectivity index (χ2v) is 4.23. The van der Waals surface area contributed by atoms with E-state index < -0.39 is 17.8 Å². The molecule has 0 aromatic carbocycles. The van der Waals surface area contributed by atoms with Gasteiger partial charge in [0.05, 0.1) is 0 Å². The number of carbonyl (C=O) groups excluding carboxylic acids is 1. The van der Waals surface area contributed by atoms with Crippen LogP contribution in [-0.4, -0.2) is 39.2 Å². The van der Waals surface area contributed by atoms with E-state index in [9.17, 15) is 19.8 Å². The Balaban J connectivity index is 4.59. The van der Waals surface area contributed by atoms with Crippen LogP contribution in [0.15, 0.2) is 4.99 Å². The van der Waals surface area contributed by atoms with Crippen LogP contribution >= 0.6 is 0 Å². The highest BCUT2D eigenvalue weighted by Gasteiger charge is 2.44. The van der Waals surface area contributed by atoms with E-state index in [1.807, 2.05) is 13.8 Å². The van der Waals surface area contributed by atoms with E-state index >= 15 is 0 Å². The van der Waals surface area contributed by atoms with E-state index in [1.165, 1.54) is 0 Å². The van der Waals surface area contributed by atoms with E-state index in [4.69, 9.17) is 5.11 Å². The van der Waals surface area contributed by atoms with Crippen LogP contribution in [0.4, 0.5) is 0 Å². The van der Waals surface area contributed by atoms with Gasteiger partial charge in [0.25, 0.3) is 5.72 Å². The first-order valence-corrected chi connectivity index (χ1v) is 5.61. The van der Waals surface area contributed by atoms with Crippen molar-refractivity contribution >= 4 is 12.0 Å². The third-order valence-corrected chi connectivity index (χ3v) is 2.67. The Morgan fingerprint density at radius 1 is 1.53 bits per heavy atom. The van der Waals surface area contributed by atoms with Gasteiger partial charge in [-0.15, -0.1) is 0 Å². The summed E-state index contributed by atoms with van der Waals surface area (Å²) < 4.78 is 0. The zero-order valence-electron chi connectivity index (χ0n) is 10.1. The molecule has 0 aliphatic rings. The van der Waals surface area contributed by atoms with Gasteiger partial charge in [0.1, 0.15) is 6.10 Å². The van der Waals surface area contributed by atoms with E-state index in [-0.39, 0.29) is 12.3 Å². The predicted octanol–water partition coefficient (Wildman–Crippen LogP) is 0.673. The first-order valence-electron chi connectivity index (χ1n) is 5.61. The highest BCUT2D eigenvalue weighted by molar-refractivity contribution is 5.78. The van der Waals surface area contributed by atoms with Crippen LogP contribution in [0.3, 0.4) is 0 Å². The Morgan fingerprint density at radius 3 is 2.53 bits per heavy atom. The van der Waals surface area contributed by atoms with Gasteiger partial charge in [-0.2, -0.15) is 4.99 Å². The van der Waals surface area contributed by atoms with Gasteiger partial charge in [0.2, 0.25) is 6.08 Å². The Bertz CT molecular complexity index is 296. The van der Waals surface area contributed by atoms with Crippen molar-refractivity contribution in [2.24, 2.45) is 10.9 Å². The zero-order valence-corrected chi connectivity index (χ0v) is 10.1. The van der Waals surface area contributed by atoms with Crippen molar-refractivity contribution in [3.63, 3.8) is 0 Å². The molecule has 3 N–H and O–H groups in total. The predicted molar refractivity (Wildman–Crippen MR) is 60.0 cm³/mol. The van der Waals surface area contributed by atoms with Crippen LogP contribution in [0.5, 0.6) is 0 Å². The van der Waals surface area contributed by atoms with E-state index in [1.54, 1.807) is 0 Å². The summed E-state index contributed by atoms with van der Waals surface area (Å²) in [4.78, 5) is 23.6. The molecule has 0 radical (unpaired) electrons. The molecule has 0 amide bonds. The largest absolute Gasteiger partial charge is 0.478 e. The molecule has 3 unspecified atom stereocenters. The topological polar surface area (TPSA) is 107 Å². The van der Waals surface area contributed by atoms with Gasteiger partial charge in [0.15, 0.2) is 0 Å². The number of nitrogens with zero attached hydrogens (tertiary/aromatic N) is 1. The summed E-state index contributed by atoms with van der Waals surface area (Å²) >= 11 is 0. The first-order chi connectivity index (χ1) is 7.88. The maximum Gasteiger partial charge on any atom is 0.362 e. The normalized spacial score (nSPS) is 17.6. The molecule has 6 nitrogen and oxygen atoms in total. The van der Waals surface area contributed by atoms with Crippen molar-refractivity contribution < 1.29 is 24.9 Å². The lowest BCUT2D eigenvalue weighted by Gasteiger charge is -2.25. The smallest absolute Gasteiger partial charge is 0.362 e. The second kappa shape index (κ2) is 7.17. The number of rotatable bonds is 8. The van der Waals surface area contributed by atoms with Crippen LogP contribution < -0.4 is 0 Å². The standard InChI is InChI=1S/C11H19NO5/c1-3-4-5-8(2)6-9(14)11(17,10(15)16)12-7-13/h8-9,14,17H,3-6H2,1-2H3,(H,15,16). The molecule has 0 fully saturated rings. The minimum Gasteiger partial charge on any atom is -0.478 e. The number of isocyanates is 1. The van der Waals surface area contributed by atoms with Crippen LogP contribution in [0.2, 0.25) is 0 Å². The van der Waals surface area contributed by atoms with Crippen LogP contribution in [-0.2, 0) is 9.59 Å². The number of hydrogen-bond acceptors (Lipinski definition) is 5. The lowest BCUT2D eigenvalue weighted by Crippen LogP contribution is -2.48. The molecule has 0 saturated carbocycles. The fraction of sp³-hybridized carbons (Fsp3) is 0.818. The number of aliphatic imine (C=N–C) groups is 1. The average Bonchev–Trinajstić information content (AvgIpc) is 2.26. The molecule has 0 aromatic rings. The first kappa shape index (κ1) is 15.8. The molecule has 0 aromatic heterocycles. The summed E-state index contributed by atoms with van der Waals surface area (Å²) in [6, 6.07) is 0. The van der Waals surface area contributed by atoms with Crippen molar-refractivity contribution in [3.8, 4) is 0 Å². The van der Waals surface area contributed by atoms with Gasteiger partial charge in [-0.25, -0.2) is 9.59 Å². The number of carboxylic acids is 1. The number of unbranched alkanes of at least 4 members (excludes halogenated alkanes) is 1. The molecular formula is C11H19NO5. The van der Waals surface area contributed by atoms with Gasteiger partial charge in [0, 0.05) is 0 Å². The molecule has 98 valence electrons. The summed E-state index contributed by atoms with van der Waals surface area (Å²) in [5.74, 6) is -1.71. The number of aliphatic hydroxyl groups excluding tert-OH is 1. The Labute approximate surface area is 100.0 Å². The molecule has 3 atom stereocenters. The van der Waals surface area contributed by atoms with Crippen LogP contribution in [0.25, 0.3) is 0 Å². The van der Waals surface area contributed by atoms with Crippen LogP contribution in [0, 0.1) is 5.92 Å². The fourth-order valence-corrected chi connectivity index (χ4v) is 1.55. The third-order valence-electron chi connectivity index (χ3n) is 2.67. The molecule has 0 rings (SSSR count). The van der Waals surface area contributed by atoms with Crippen molar-refractivity contribution in [3.05, 3.63) is 0 Å². The minimum atomic E-state index is -2.79. The quantitative estimate of drug-likeness (QED) is 0.430. The summed E-state index contributed by atoms with van der Waals surface area (Å²) in [7, 11) is 0. The molecule has 0 heterocycles. The van der Waals surface area contributed by atoms with Crippen molar-refractivity contribution in [2.75, 3.05) is 0 Å². The molecule has 0 aliphatic carbocycles. The summed E-state index contributed by atoms with van der Waals surface area (Å²) in [6.45, 7) is 3.86. The maximum atomic E-state index is 10.8. The highest BCUT2D eigenvalue weighted by atomic mass is 16.4. The highest BCUT2D eigenvalue weighted by Crippen LogP contribution is 2.22. The average molecular weight is 245 g/mol. The zero-order chi connectivity index (χ0) is 13.5. The summed E-state index contributed by atoms with van der Waals surface area (Å²) in [6.07, 6.45) is 2.18. The molecule has 0 spiro atoms. The number of hydrogen-bond donors (Lipinski definition) is 3. The monoisotopic (exact) mass is 245 g/mol. The second-order valence-electron chi connectivity index (χ2n) is 4.23. The molecule has 0 bridgehead atoms. The van der Waals surface area contributed by atoms with Crippen molar-refractivity contribution in [2.45, 2.75) is 51.4 Å². The molecule has 0 saturated heterocycles. The maximum absolute atomic E-state index is 10.8. The molecule has 6 heteroatoms. The Hall–Kier alpha value is -1.23. The van der Waals surface area contributed by atoms with Crippen LogP contribution in [0.1, 0.15) is 39.5 Å². The molecular weight excluding hydrogens is 226 g/mol. The van der Waals surface area contributed by atoms with Crippen molar-refractivity contribution in [1.29, 1.82) is 0 Å². The Kier molecular flexibility index (Phi) is 6.65. The number of aliphatic hydroxyl groups is 2. The lowest BCUT2D eigenvalue weighted by molar-refractivity contribution is -0.171. The van der Waals surface area contributed by atoms with Gasteiger partial charge < -0.3 is 15.3 Å². The Morgan fingerprint density at radius 2 is 2.12 bits per heavy atom. The molecule has 0 aliphatic heterocycles. The van der Waals surface area contributed by atoms with E-state index in [0.29, 0.717) is 0 Å². The summed E-state index contributed by atoms with van der Waals surface area (Å²) in [5.41, 5.74) is -2.79. The minimum absolute atomic E-state index is 0.0395. The SMILES string of the molecule is CCCCC(C)CC(O)C(O)(N=C=O)C(=O)O. The third kappa shape index (κ3) is 4.65. The van der Waals surface area contributed by atoms with Gasteiger partial charge >= 0.3 is 5.97 Å². The van der Waals surface area contributed by atoms with E-state index in [2.05, 4.69) is 4.99 Å². The summed E-state index contributed by atoms with van der Waals surface area (Å²) in [5, 5.41) is 27.9.